The summed E-state index contributed by atoms with van der Waals surface area (Å²) >= 11 is 0. The van der Waals surface area contributed by atoms with Gasteiger partial charge >= 0.3 is 0 Å². The van der Waals surface area contributed by atoms with Crippen molar-refractivity contribution >= 4 is 62.0 Å². The molecule has 8 fully saturated rings. The zero-order valence-electron chi connectivity index (χ0n) is 34.5. The van der Waals surface area contributed by atoms with Gasteiger partial charge in [0.25, 0.3) is 6.71 Å². The largest absolute Gasteiger partial charge is 0.458 e. The van der Waals surface area contributed by atoms with Gasteiger partial charge < -0.3 is 14.2 Å². The van der Waals surface area contributed by atoms with Gasteiger partial charge in [0.15, 0.2) is 0 Å². The minimum atomic E-state index is 0.0917. The van der Waals surface area contributed by atoms with Crippen LogP contribution in [0.2, 0.25) is 0 Å². The van der Waals surface area contributed by atoms with Crippen molar-refractivity contribution in [1.29, 1.82) is 0 Å². The SMILES string of the molecule is c1ccc(N2c3cc(-n4c5ccc(C67CC8CC(CC(C8)C6)C7)cc5c5cc(C67CC8CC(CC(C8)C6)C7)ccc54)ccc3B3c4ccccc4Oc4cccc2c43)cc1. The summed E-state index contributed by atoms with van der Waals surface area (Å²) in [5.41, 5.74) is 15.4. The number of para-hydroxylation sites is 2. The third kappa shape index (κ3) is 4.53. The number of ether oxygens (including phenoxy) is 1. The summed E-state index contributed by atoms with van der Waals surface area (Å²) in [5, 5.41) is 2.94. The molecule has 0 radical (unpaired) electrons. The van der Waals surface area contributed by atoms with Gasteiger partial charge in [0.05, 0.1) is 11.0 Å². The molecule has 294 valence electrons. The van der Waals surface area contributed by atoms with Gasteiger partial charge in [0.1, 0.15) is 11.5 Å². The molecule has 8 saturated carbocycles. The van der Waals surface area contributed by atoms with Crippen molar-refractivity contribution in [3.05, 3.63) is 139 Å². The van der Waals surface area contributed by atoms with Crippen molar-refractivity contribution in [2.24, 2.45) is 35.5 Å². The fourth-order valence-corrected chi connectivity index (χ4v) is 16.5. The lowest BCUT2D eigenvalue weighted by Crippen LogP contribution is -2.59. The molecule has 3 heterocycles. The number of rotatable bonds is 4. The molecule has 0 unspecified atom stereocenters. The Balaban J connectivity index is 0.956. The maximum atomic E-state index is 6.64. The highest BCUT2D eigenvalue weighted by molar-refractivity contribution is 6.99. The minimum absolute atomic E-state index is 0.0917. The van der Waals surface area contributed by atoms with E-state index in [1.54, 1.807) is 11.1 Å². The first-order chi connectivity index (χ1) is 29.5. The van der Waals surface area contributed by atoms with Gasteiger partial charge in [0.2, 0.25) is 0 Å². The summed E-state index contributed by atoms with van der Waals surface area (Å²) in [4.78, 5) is 2.50. The molecule has 10 aliphatic rings. The summed E-state index contributed by atoms with van der Waals surface area (Å²) in [6.07, 6.45) is 17.3. The van der Waals surface area contributed by atoms with Crippen molar-refractivity contribution in [2.45, 2.75) is 87.9 Å². The van der Waals surface area contributed by atoms with Gasteiger partial charge in [-0.15, -0.1) is 0 Å². The zero-order chi connectivity index (χ0) is 38.9. The van der Waals surface area contributed by atoms with E-state index < -0.39 is 0 Å². The smallest absolute Gasteiger partial charge is 0.256 e. The van der Waals surface area contributed by atoms with E-state index in [1.807, 2.05) is 0 Å². The first-order valence-corrected chi connectivity index (χ1v) is 23.5. The van der Waals surface area contributed by atoms with Gasteiger partial charge in [-0.05, 0) is 218 Å². The molecule has 17 rings (SSSR count). The number of anilines is 3. The summed E-state index contributed by atoms with van der Waals surface area (Å²) in [7, 11) is 0. The summed E-state index contributed by atoms with van der Waals surface area (Å²) in [5.74, 6) is 7.52. The van der Waals surface area contributed by atoms with Crippen LogP contribution in [0.15, 0.2) is 127 Å². The number of fused-ring (bicyclic) bond motifs is 7. The van der Waals surface area contributed by atoms with Gasteiger partial charge in [-0.1, -0.05) is 60.7 Å². The van der Waals surface area contributed by atoms with Crippen LogP contribution in [-0.2, 0) is 10.8 Å². The van der Waals surface area contributed by atoms with E-state index in [4.69, 9.17) is 4.74 Å². The topological polar surface area (TPSA) is 17.4 Å². The van der Waals surface area contributed by atoms with E-state index in [9.17, 15) is 0 Å². The number of benzene rings is 6. The zero-order valence-corrected chi connectivity index (χ0v) is 34.5. The van der Waals surface area contributed by atoms with E-state index in [-0.39, 0.29) is 6.71 Å². The monoisotopic (exact) mass is 778 g/mol. The van der Waals surface area contributed by atoms with Crippen LogP contribution in [-0.4, -0.2) is 11.3 Å². The number of aromatic nitrogens is 1. The third-order valence-electron chi connectivity index (χ3n) is 17.9. The molecule has 8 aliphatic carbocycles. The molecular formula is C56H51BN2O. The number of hydrogen-bond donors (Lipinski definition) is 0. The molecule has 0 spiro atoms. The lowest BCUT2D eigenvalue weighted by molar-refractivity contribution is -0.00528. The predicted molar refractivity (Wildman–Crippen MR) is 246 cm³/mol. The maximum absolute atomic E-state index is 6.64. The normalized spacial score (nSPS) is 31.1. The molecule has 8 bridgehead atoms. The average molecular weight is 779 g/mol. The first kappa shape index (κ1) is 33.5. The van der Waals surface area contributed by atoms with Gasteiger partial charge in [-0.25, -0.2) is 0 Å². The summed E-state index contributed by atoms with van der Waals surface area (Å²) < 4.78 is 9.27. The molecule has 7 aromatic rings. The predicted octanol–water partition coefficient (Wildman–Crippen LogP) is 12.1. The van der Waals surface area contributed by atoms with E-state index in [0.717, 1.165) is 47.0 Å². The number of hydrogen-bond acceptors (Lipinski definition) is 2. The highest BCUT2D eigenvalue weighted by atomic mass is 16.5. The second-order valence-corrected chi connectivity index (χ2v) is 21.4. The standard InChI is InChI=1S/C56H51BN2O/c1-2-7-42(8-3-1)58-50-10-6-12-53-54(50)57(47-9-4-5-11-52(47)60-53)46-16-15-43(27-51(46)58)59-48-17-13-40(55-28-34-19-35(29-55)21-36(20-34)30-55)25-44(48)45-26-41(14-18-49(45)59)56-31-37-22-38(32-56)24-39(23-37)33-56/h1-18,25-27,34-39H,19-24,28-33H2. The molecule has 0 amide bonds. The first-order valence-electron chi connectivity index (χ1n) is 23.5. The molecule has 6 aromatic carbocycles. The quantitative estimate of drug-likeness (QED) is 0.166. The Bertz CT molecular complexity index is 2790. The van der Waals surface area contributed by atoms with E-state index in [0.29, 0.717) is 10.8 Å². The second-order valence-electron chi connectivity index (χ2n) is 21.4. The van der Waals surface area contributed by atoms with Crippen molar-refractivity contribution in [3.63, 3.8) is 0 Å². The maximum Gasteiger partial charge on any atom is 0.256 e. The Morgan fingerprint density at radius 1 is 0.450 bits per heavy atom. The Hall–Kier alpha value is -5.22. The number of nitrogens with zero attached hydrogens (tertiary/aromatic N) is 2. The van der Waals surface area contributed by atoms with E-state index in [2.05, 4.69) is 137 Å². The summed E-state index contributed by atoms with van der Waals surface area (Å²) in [6.45, 7) is 0.0917. The second kappa shape index (κ2) is 11.8. The van der Waals surface area contributed by atoms with Crippen LogP contribution in [0.5, 0.6) is 11.5 Å². The fourth-order valence-electron chi connectivity index (χ4n) is 16.5. The Kier molecular flexibility index (Phi) is 6.58. The van der Waals surface area contributed by atoms with Crippen LogP contribution in [0.1, 0.15) is 88.2 Å². The van der Waals surface area contributed by atoms with Gasteiger partial charge in [-0.3, -0.25) is 0 Å². The average Bonchev–Trinajstić information content (AvgIpc) is 3.59. The van der Waals surface area contributed by atoms with Crippen molar-refractivity contribution in [1.82, 2.24) is 4.57 Å². The molecule has 1 aromatic heterocycles. The lowest BCUT2D eigenvalue weighted by atomic mass is 9.34. The molecule has 4 heteroatoms. The highest BCUT2D eigenvalue weighted by Crippen LogP contribution is 2.63. The Morgan fingerprint density at radius 2 is 1.00 bits per heavy atom. The van der Waals surface area contributed by atoms with Crippen molar-refractivity contribution in [2.75, 3.05) is 4.90 Å². The third-order valence-corrected chi connectivity index (χ3v) is 17.9. The Morgan fingerprint density at radius 3 is 1.60 bits per heavy atom. The minimum Gasteiger partial charge on any atom is -0.458 e. The van der Waals surface area contributed by atoms with Crippen molar-refractivity contribution < 1.29 is 4.74 Å². The van der Waals surface area contributed by atoms with Crippen LogP contribution >= 0.6 is 0 Å². The molecule has 3 nitrogen and oxygen atoms in total. The van der Waals surface area contributed by atoms with Crippen LogP contribution in [0.4, 0.5) is 17.1 Å². The Labute approximate surface area is 353 Å². The van der Waals surface area contributed by atoms with E-state index >= 15 is 0 Å². The van der Waals surface area contributed by atoms with Crippen LogP contribution in [0, 0.1) is 35.5 Å². The highest BCUT2D eigenvalue weighted by Gasteiger charge is 2.53. The van der Waals surface area contributed by atoms with Gasteiger partial charge in [0, 0.05) is 33.5 Å². The van der Waals surface area contributed by atoms with E-state index in [1.165, 1.54) is 138 Å². The molecule has 60 heavy (non-hydrogen) atoms. The lowest BCUT2D eigenvalue weighted by Gasteiger charge is -2.57. The molecular weight excluding hydrogens is 727 g/mol. The van der Waals surface area contributed by atoms with Crippen LogP contribution < -0.4 is 26.0 Å². The molecule has 2 aliphatic heterocycles. The fraction of sp³-hybridized carbons (Fsp3) is 0.357. The van der Waals surface area contributed by atoms with Crippen LogP contribution in [0.3, 0.4) is 0 Å². The molecule has 0 N–H and O–H groups in total. The van der Waals surface area contributed by atoms with Gasteiger partial charge in [-0.2, -0.15) is 0 Å². The molecule has 0 atom stereocenters. The van der Waals surface area contributed by atoms with Crippen molar-refractivity contribution in [3.8, 4) is 17.2 Å². The molecule has 0 saturated heterocycles. The summed E-state index contributed by atoms with van der Waals surface area (Å²) in [6, 6.07) is 49.3. The van der Waals surface area contributed by atoms with Crippen LogP contribution in [0.25, 0.3) is 27.5 Å².